The molecular weight excluding hydrogens is 436 g/mol. The maximum Gasteiger partial charge on any atom is 0.159 e. The second-order valence-corrected chi connectivity index (χ2v) is 8.42. The van der Waals surface area contributed by atoms with Crippen LogP contribution in [-0.2, 0) is 19.3 Å². The minimum Gasteiger partial charge on any atom is -0.207 e. The van der Waals surface area contributed by atoms with Gasteiger partial charge in [-0.3, -0.25) is 0 Å². The van der Waals surface area contributed by atoms with Crippen molar-refractivity contribution < 1.29 is 17.6 Å². The highest BCUT2D eigenvalue weighted by Crippen LogP contribution is 2.20. The molecular formula is C30H24F4. The molecule has 0 heterocycles. The Morgan fingerprint density at radius 1 is 0.588 bits per heavy atom. The van der Waals surface area contributed by atoms with E-state index in [2.05, 4.69) is 18.8 Å². The average molecular weight is 461 g/mol. The maximum absolute atomic E-state index is 14.6. The standard InChI is InChI=1S/C30H24F4/c1-2-3-4-20-5-10-23(27(31)16-20)12-7-22-8-13-24(28(32)17-22)11-6-21-9-14-25-18-29(33)30(34)19-26(25)15-21/h5,8-10,13-19H,2-4,7,12H2,1H3. The fourth-order valence-electron chi connectivity index (χ4n) is 3.88. The molecule has 172 valence electrons. The van der Waals surface area contributed by atoms with Crippen molar-refractivity contribution in [3.05, 3.63) is 118 Å². The highest BCUT2D eigenvalue weighted by Gasteiger charge is 2.07. The third-order valence-corrected chi connectivity index (χ3v) is 5.87. The van der Waals surface area contributed by atoms with Gasteiger partial charge in [-0.2, -0.15) is 0 Å². The first kappa shape index (κ1) is 23.6. The summed E-state index contributed by atoms with van der Waals surface area (Å²) in [7, 11) is 0. The Balaban J connectivity index is 1.44. The van der Waals surface area contributed by atoms with Gasteiger partial charge in [-0.05, 0) is 95.6 Å². The van der Waals surface area contributed by atoms with Crippen LogP contribution in [0.5, 0.6) is 0 Å². The van der Waals surface area contributed by atoms with E-state index >= 15 is 0 Å². The number of unbranched alkanes of at least 4 members (excludes halogenated alkanes) is 1. The van der Waals surface area contributed by atoms with Gasteiger partial charge in [-0.15, -0.1) is 0 Å². The first-order valence-corrected chi connectivity index (χ1v) is 11.4. The van der Waals surface area contributed by atoms with E-state index in [9.17, 15) is 17.6 Å². The zero-order chi connectivity index (χ0) is 24.1. The zero-order valence-corrected chi connectivity index (χ0v) is 18.9. The molecule has 4 heteroatoms. The van der Waals surface area contributed by atoms with Crippen molar-refractivity contribution in [1.29, 1.82) is 0 Å². The van der Waals surface area contributed by atoms with E-state index in [-0.39, 0.29) is 11.4 Å². The fraction of sp³-hybridized carbons (Fsp3) is 0.200. The van der Waals surface area contributed by atoms with Crippen LogP contribution in [0.15, 0.2) is 66.7 Å². The number of benzene rings is 4. The predicted molar refractivity (Wildman–Crippen MR) is 129 cm³/mol. The highest BCUT2D eigenvalue weighted by molar-refractivity contribution is 5.84. The van der Waals surface area contributed by atoms with E-state index in [0.717, 1.165) is 42.5 Å². The normalized spacial score (nSPS) is 10.9. The molecule has 0 saturated carbocycles. The second kappa shape index (κ2) is 10.6. The summed E-state index contributed by atoms with van der Waals surface area (Å²) in [5, 5.41) is 1.08. The summed E-state index contributed by atoms with van der Waals surface area (Å²) in [6.45, 7) is 2.11. The summed E-state index contributed by atoms with van der Waals surface area (Å²) in [5.41, 5.74) is 3.19. The van der Waals surface area contributed by atoms with Crippen molar-refractivity contribution in [1.82, 2.24) is 0 Å². The van der Waals surface area contributed by atoms with E-state index in [1.54, 1.807) is 36.4 Å². The second-order valence-electron chi connectivity index (χ2n) is 8.42. The molecule has 0 nitrogen and oxygen atoms in total. The van der Waals surface area contributed by atoms with Crippen molar-refractivity contribution in [2.45, 2.75) is 39.0 Å². The summed E-state index contributed by atoms with van der Waals surface area (Å²) >= 11 is 0. The summed E-state index contributed by atoms with van der Waals surface area (Å²) in [4.78, 5) is 0. The van der Waals surface area contributed by atoms with Gasteiger partial charge in [0.05, 0.1) is 5.56 Å². The molecule has 0 aliphatic carbocycles. The summed E-state index contributed by atoms with van der Waals surface area (Å²) in [5.74, 6) is 3.19. The molecule has 4 aromatic carbocycles. The molecule has 0 aliphatic rings. The largest absolute Gasteiger partial charge is 0.207 e. The first-order chi connectivity index (χ1) is 16.4. The molecule has 0 N–H and O–H groups in total. The number of aryl methyl sites for hydroxylation is 3. The van der Waals surface area contributed by atoms with Crippen LogP contribution in [0.1, 0.15) is 47.6 Å². The Morgan fingerprint density at radius 3 is 2.03 bits per heavy atom. The van der Waals surface area contributed by atoms with Crippen molar-refractivity contribution in [2.75, 3.05) is 0 Å². The minimum atomic E-state index is -0.924. The molecule has 0 spiro atoms. The van der Waals surface area contributed by atoms with Crippen LogP contribution in [0.25, 0.3) is 10.8 Å². The molecule has 0 amide bonds. The lowest BCUT2D eigenvalue weighted by Gasteiger charge is -2.07. The topological polar surface area (TPSA) is 0 Å². The van der Waals surface area contributed by atoms with Crippen LogP contribution in [0.2, 0.25) is 0 Å². The van der Waals surface area contributed by atoms with Gasteiger partial charge in [0, 0.05) is 5.56 Å². The van der Waals surface area contributed by atoms with Gasteiger partial charge in [0.25, 0.3) is 0 Å². The van der Waals surface area contributed by atoms with Crippen LogP contribution in [-0.4, -0.2) is 0 Å². The number of fused-ring (bicyclic) bond motifs is 1. The number of halogens is 4. The van der Waals surface area contributed by atoms with E-state index in [0.29, 0.717) is 34.7 Å². The average Bonchev–Trinajstić information content (AvgIpc) is 2.82. The highest BCUT2D eigenvalue weighted by atomic mass is 19.2. The van der Waals surface area contributed by atoms with Crippen LogP contribution < -0.4 is 0 Å². The Bertz CT molecular complexity index is 1390. The molecule has 0 saturated heterocycles. The number of rotatable bonds is 6. The first-order valence-electron chi connectivity index (χ1n) is 11.4. The molecule has 0 radical (unpaired) electrons. The van der Waals surface area contributed by atoms with Crippen molar-refractivity contribution in [2.24, 2.45) is 0 Å². The van der Waals surface area contributed by atoms with Crippen molar-refractivity contribution in [3.63, 3.8) is 0 Å². The lowest BCUT2D eigenvalue weighted by atomic mass is 10.00. The van der Waals surface area contributed by atoms with E-state index < -0.39 is 17.5 Å². The Hall–Kier alpha value is -3.58. The van der Waals surface area contributed by atoms with Gasteiger partial charge < -0.3 is 0 Å². The molecule has 0 fully saturated rings. The molecule has 4 rings (SSSR count). The van der Waals surface area contributed by atoms with E-state index in [4.69, 9.17) is 0 Å². The molecule has 0 aliphatic heterocycles. The van der Waals surface area contributed by atoms with Gasteiger partial charge in [0.1, 0.15) is 11.6 Å². The molecule has 0 bridgehead atoms. The quantitative estimate of drug-likeness (QED) is 0.202. The van der Waals surface area contributed by atoms with Crippen molar-refractivity contribution in [3.8, 4) is 11.8 Å². The maximum atomic E-state index is 14.6. The van der Waals surface area contributed by atoms with Gasteiger partial charge in [0.2, 0.25) is 0 Å². The van der Waals surface area contributed by atoms with Crippen molar-refractivity contribution >= 4 is 10.8 Å². The van der Waals surface area contributed by atoms with Crippen LogP contribution in [0.4, 0.5) is 17.6 Å². The van der Waals surface area contributed by atoms with Gasteiger partial charge >= 0.3 is 0 Å². The van der Waals surface area contributed by atoms with Gasteiger partial charge in [-0.25, -0.2) is 17.6 Å². The van der Waals surface area contributed by atoms with Crippen LogP contribution >= 0.6 is 0 Å². The van der Waals surface area contributed by atoms with E-state index in [1.807, 2.05) is 12.1 Å². The van der Waals surface area contributed by atoms with E-state index in [1.165, 1.54) is 6.07 Å². The summed E-state index contributed by atoms with van der Waals surface area (Å²) in [6.07, 6.45) is 3.97. The monoisotopic (exact) mass is 460 g/mol. The number of hydrogen-bond donors (Lipinski definition) is 0. The summed E-state index contributed by atoms with van der Waals surface area (Å²) < 4.78 is 55.9. The van der Waals surface area contributed by atoms with Crippen LogP contribution in [0.3, 0.4) is 0 Å². The lowest BCUT2D eigenvalue weighted by molar-refractivity contribution is 0.511. The smallest absolute Gasteiger partial charge is 0.159 e. The minimum absolute atomic E-state index is 0.213. The third kappa shape index (κ3) is 5.66. The molecule has 4 aromatic rings. The third-order valence-electron chi connectivity index (χ3n) is 5.87. The molecule has 0 unspecified atom stereocenters. The molecule has 0 atom stereocenters. The molecule has 0 aromatic heterocycles. The number of hydrogen-bond acceptors (Lipinski definition) is 0. The Morgan fingerprint density at radius 2 is 1.29 bits per heavy atom. The lowest BCUT2D eigenvalue weighted by Crippen LogP contribution is -1.98. The zero-order valence-electron chi connectivity index (χ0n) is 18.9. The van der Waals surface area contributed by atoms with Gasteiger partial charge in [0.15, 0.2) is 11.6 Å². The molecule has 34 heavy (non-hydrogen) atoms. The summed E-state index contributed by atoms with van der Waals surface area (Å²) in [6, 6.07) is 17.4. The Kier molecular flexibility index (Phi) is 7.33. The van der Waals surface area contributed by atoms with Crippen LogP contribution in [0, 0.1) is 35.1 Å². The Labute approximate surface area is 197 Å². The SMILES string of the molecule is CCCCc1ccc(CCc2ccc(C#Cc3ccc4cc(F)c(F)cc4c3)c(F)c2)c(F)c1. The predicted octanol–water partition coefficient (Wildman–Crippen LogP) is 7.92. The van der Waals surface area contributed by atoms with Gasteiger partial charge in [-0.1, -0.05) is 49.5 Å². The fourth-order valence-corrected chi connectivity index (χ4v) is 3.88.